The molecular formula is C12H21N3. The molecule has 0 aliphatic heterocycles. The van der Waals surface area contributed by atoms with Crippen LogP contribution in [0.1, 0.15) is 56.0 Å². The summed E-state index contributed by atoms with van der Waals surface area (Å²) in [5.74, 6) is 1.85. The summed E-state index contributed by atoms with van der Waals surface area (Å²) < 4.78 is 0. The monoisotopic (exact) mass is 207 g/mol. The summed E-state index contributed by atoms with van der Waals surface area (Å²) >= 11 is 0. The van der Waals surface area contributed by atoms with Crippen LogP contribution in [0.15, 0.2) is 6.20 Å². The Kier molecular flexibility index (Phi) is 3.78. The number of hydrogen-bond acceptors (Lipinski definition) is 2. The van der Waals surface area contributed by atoms with Crippen LogP contribution in [-0.4, -0.2) is 16.5 Å². The first-order chi connectivity index (χ1) is 7.40. The Labute approximate surface area is 91.5 Å². The Morgan fingerprint density at radius 3 is 2.87 bits per heavy atom. The Balaban J connectivity index is 1.93. The van der Waals surface area contributed by atoms with Gasteiger partial charge in [-0.05, 0) is 25.8 Å². The number of rotatable bonds is 4. The number of aryl methyl sites for hydroxylation is 1. The molecule has 2 rings (SSSR count). The number of aromatic nitrogens is 2. The number of imidazole rings is 1. The Morgan fingerprint density at radius 1 is 1.33 bits per heavy atom. The van der Waals surface area contributed by atoms with Crippen LogP contribution < -0.4 is 5.73 Å². The van der Waals surface area contributed by atoms with Crippen molar-refractivity contribution in [2.24, 2.45) is 5.73 Å². The van der Waals surface area contributed by atoms with Crippen molar-refractivity contribution in [3.8, 4) is 0 Å². The van der Waals surface area contributed by atoms with Crippen LogP contribution in [-0.2, 0) is 6.42 Å². The number of aromatic amines is 1. The van der Waals surface area contributed by atoms with Crippen molar-refractivity contribution >= 4 is 0 Å². The molecule has 15 heavy (non-hydrogen) atoms. The van der Waals surface area contributed by atoms with Gasteiger partial charge in [0, 0.05) is 24.2 Å². The summed E-state index contributed by atoms with van der Waals surface area (Å²) in [4.78, 5) is 7.87. The second-order valence-electron chi connectivity index (χ2n) is 4.51. The van der Waals surface area contributed by atoms with Crippen molar-refractivity contribution in [1.29, 1.82) is 0 Å². The molecular weight excluding hydrogens is 186 g/mol. The fraction of sp³-hybridized carbons (Fsp3) is 0.750. The van der Waals surface area contributed by atoms with E-state index in [1.54, 1.807) is 0 Å². The molecule has 1 aliphatic carbocycles. The zero-order chi connectivity index (χ0) is 10.5. The predicted octanol–water partition coefficient (Wildman–Crippen LogP) is 2.35. The second kappa shape index (κ2) is 5.31. The van der Waals surface area contributed by atoms with E-state index in [0.29, 0.717) is 0 Å². The van der Waals surface area contributed by atoms with Gasteiger partial charge in [0.2, 0.25) is 0 Å². The van der Waals surface area contributed by atoms with Crippen LogP contribution in [0.2, 0.25) is 0 Å². The lowest BCUT2D eigenvalue weighted by atomic mass is 9.87. The molecule has 0 bridgehead atoms. The number of H-pyrrole nitrogens is 1. The minimum atomic E-state index is 0.734. The number of nitrogens with one attached hydrogen (secondary N) is 1. The Morgan fingerprint density at radius 2 is 2.13 bits per heavy atom. The molecule has 1 fully saturated rings. The van der Waals surface area contributed by atoms with Crippen molar-refractivity contribution in [2.75, 3.05) is 6.54 Å². The van der Waals surface area contributed by atoms with E-state index in [2.05, 4.69) is 9.97 Å². The van der Waals surface area contributed by atoms with Crippen LogP contribution in [0.4, 0.5) is 0 Å². The molecule has 3 N–H and O–H groups in total. The van der Waals surface area contributed by atoms with Gasteiger partial charge in [-0.15, -0.1) is 0 Å². The third-order valence-corrected chi connectivity index (χ3v) is 3.31. The predicted molar refractivity (Wildman–Crippen MR) is 61.8 cm³/mol. The normalized spacial score (nSPS) is 18.2. The third-order valence-electron chi connectivity index (χ3n) is 3.31. The van der Waals surface area contributed by atoms with E-state index >= 15 is 0 Å². The van der Waals surface area contributed by atoms with Gasteiger partial charge in [-0.25, -0.2) is 4.98 Å². The summed E-state index contributed by atoms with van der Waals surface area (Å²) in [6.07, 6.45) is 10.9. The highest BCUT2D eigenvalue weighted by Crippen LogP contribution is 2.31. The van der Waals surface area contributed by atoms with Crippen LogP contribution in [0, 0.1) is 0 Å². The third kappa shape index (κ3) is 2.81. The quantitative estimate of drug-likeness (QED) is 0.796. The molecule has 0 saturated heterocycles. The summed E-state index contributed by atoms with van der Waals surface area (Å²) in [6.45, 7) is 0.749. The van der Waals surface area contributed by atoms with Crippen LogP contribution in [0.3, 0.4) is 0 Å². The minimum Gasteiger partial charge on any atom is -0.346 e. The lowest BCUT2D eigenvalue weighted by molar-refractivity contribution is 0.437. The van der Waals surface area contributed by atoms with Gasteiger partial charge in [0.15, 0.2) is 0 Å². The second-order valence-corrected chi connectivity index (χ2v) is 4.51. The molecule has 84 valence electrons. The van der Waals surface area contributed by atoms with Gasteiger partial charge in [0.1, 0.15) is 5.82 Å². The number of hydrogen-bond donors (Lipinski definition) is 2. The largest absolute Gasteiger partial charge is 0.346 e. The van der Waals surface area contributed by atoms with E-state index in [4.69, 9.17) is 5.73 Å². The van der Waals surface area contributed by atoms with Gasteiger partial charge < -0.3 is 10.7 Å². The SMILES string of the molecule is NCCCc1ncc(C2CCCCC2)[nH]1. The smallest absolute Gasteiger partial charge is 0.106 e. The van der Waals surface area contributed by atoms with E-state index in [9.17, 15) is 0 Å². The lowest BCUT2D eigenvalue weighted by Crippen LogP contribution is -2.05. The van der Waals surface area contributed by atoms with E-state index in [1.165, 1.54) is 37.8 Å². The first-order valence-corrected chi connectivity index (χ1v) is 6.14. The fourth-order valence-electron chi connectivity index (χ4n) is 2.40. The summed E-state index contributed by atoms with van der Waals surface area (Å²) in [6, 6.07) is 0. The maximum atomic E-state index is 5.48. The summed E-state index contributed by atoms with van der Waals surface area (Å²) in [5, 5.41) is 0. The standard InChI is InChI=1S/C12H21N3/c13-8-4-7-12-14-9-11(15-12)10-5-2-1-3-6-10/h9-10H,1-8,13H2,(H,14,15). The maximum Gasteiger partial charge on any atom is 0.106 e. The van der Waals surface area contributed by atoms with Gasteiger partial charge >= 0.3 is 0 Å². The number of nitrogens with two attached hydrogens (primary N) is 1. The van der Waals surface area contributed by atoms with Crippen molar-refractivity contribution in [1.82, 2.24) is 9.97 Å². The zero-order valence-corrected chi connectivity index (χ0v) is 9.34. The summed E-state index contributed by atoms with van der Waals surface area (Å²) in [5.41, 5.74) is 6.83. The van der Waals surface area contributed by atoms with Gasteiger partial charge in [-0.3, -0.25) is 0 Å². The highest BCUT2D eigenvalue weighted by atomic mass is 14.9. The Bertz CT molecular complexity index is 287. The molecule has 0 unspecified atom stereocenters. The van der Waals surface area contributed by atoms with Crippen LogP contribution >= 0.6 is 0 Å². The average Bonchev–Trinajstić information content (AvgIpc) is 2.76. The molecule has 0 radical (unpaired) electrons. The molecule has 3 nitrogen and oxygen atoms in total. The van der Waals surface area contributed by atoms with Crippen molar-refractivity contribution in [3.05, 3.63) is 17.7 Å². The molecule has 0 aromatic carbocycles. The first kappa shape index (κ1) is 10.7. The summed E-state index contributed by atoms with van der Waals surface area (Å²) in [7, 11) is 0. The Hall–Kier alpha value is -0.830. The molecule has 3 heteroatoms. The van der Waals surface area contributed by atoms with Crippen molar-refractivity contribution in [2.45, 2.75) is 50.9 Å². The van der Waals surface area contributed by atoms with Crippen molar-refractivity contribution in [3.63, 3.8) is 0 Å². The fourth-order valence-corrected chi connectivity index (χ4v) is 2.40. The number of nitrogens with zero attached hydrogens (tertiary/aromatic N) is 1. The molecule has 1 saturated carbocycles. The van der Waals surface area contributed by atoms with Crippen LogP contribution in [0.5, 0.6) is 0 Å². The molecule has 0 spiro atoms. The van der Waals surface area contributed by atoms with Gasteiger partial charge in [-0.1, -0.05) is 19.3 Å². The molecule has 1 aromatic heterocycles. The van der Waals surface area contributed by atoms with Gasteiger partial charge in [0.05, 0.1) is 0 Å². The van der Waals surface area contributed by atoms with E-state index in [1.807, 2.05) is 6.20 Å². The topological polar surface area (TPSA) is 54.7 Å². The van der Waals surface area contributed by atoms with E-state index in [0.717, 1.165) is 31.1 Å². The molecule has 0 amide bonds. The van der Waals surface area contributed by atoms with Crippen molar-refractivity contribution < 1.29 is 0 Å². The molecule has 0 atom stereocenters. The average molecular weight is 207 g/mol. The molecule has 1 heterocycles. The van der Waals surface area contributed by atoms with Gasteiger partial charge in [0.25, 0.3) is 0 Å². The maximum absolute atomic E-state index is 5.48. The van der Waals surface area contributed by atoms with Gasteiger partial charge in [-0.2, -0.15) is 0 Å². The molecule has 1 aromatic rings. The highest BCUT2D eigenvalue weighted by Gasteiger charge is 2.17. The highest BCUT2D eigenvalue weighted by molar-refractivity contribution is 5.08. The first-order valence-electron chi connectivity index (χ1n) is 6.14. The molecule has 1 aliphatic rings. The minimum absolute atomic E-state index is 0.734. The van der Waals surface area contributed by atoms with E-state index in [-0.39, 0.29) is 0 Å². The van der Waals surface area contributed by atoms with E-state index < -0.39 is 0 Å². The zero-order valence-electron chi connectivity index (χ0n) is 9.34. The van der Waals surface area contributed by atoms with Crippen LogP contribution in [0.25, 0.3) is 0 Å². The lowest BCUT2D eigenvalue weighted by Gasteiger charge is -2.19.